The van der Waals surface area contributed by atoms with E-state index in [0.717, 1.165) is 0 Å². The Labute approximate surface area is 105 Å². The summed E-state index contributed by atoms with van der Waals surface area (Å²) in [5.41, 5.74) is 0. The summed E-state index contributed by atoms with van der Waals surface area (Å²) in [5.74, 6) is -0.199. The van der Waals surface area contributed by atoms with Crippen LogP contribution in [0.5, 0.6) is 0 Å². The molecule has 0 spiro atoms. The molecule has 0 unspecified atom stereocenters. The summed E-state index contributed by atoms with van der Waals surface area (Å²) in [6, 6.07) is 3.45. The van der Waals surface area contributed by atoms with Gasteiger partial charge in [0.25, 0.3) is 5.91 Å². The third kappa shape index (κ3) is 2.91. The van der Waals surface area contributed by atoms with Crippen molar-refractivity contribution in [2.45, 2.75) is 38.6 Å². The van der Waals surface area contributed by atoms with Crippen molar-refractivity contribution in [1.29, 1.82) is 0 Å². The predicted octanol–water partition coefficient (Wildman–Crippen LogP) is 1.96. The van der Waals surface area contributed by atoms with Crippen LogP contribution in [0.15, 0.2) is 16.5 Å². The summed E-state index contributed by atoms with van der Waals surface area (Å²) < 4.78 is 5.24. The second-order valence-electron chi connectivity index (χ2n) is 4.77. The fourth-order valence-electron chi connectivity index (χ4n) is 2.30. The Morgan fingerprint density at radius 1 is 1.28 bits per heavy atom. The minimum atomic E-state index is -0.735. The van der Waals surface area contributed by atoms with Crippen molar-refractivity contribution in [2.24, 2.45) is 5.92 Å². The number of nitrogens with one attached hydrogen (secondary N) is 1. The van der Waals surface area contributed by atoms with Crippen molar-refractivity contribution in [3.63, 3.8) is 0 Å². The van der Waals surface area contributed by atoms with Gasteiger partial charge in [-0.3, -0.25) is 9.59 Å². The molecule has 1 aromatic rings. The molecule has 1 saturated carbocycles. The van der Waals surface area contributed by atoms with Crippen molar-refractivity contribution in [3.05, 3.63) is 23.7 Å². The quantitative estimate of drug-likeness (QED) is 0.860. The van der Waals surface area contributed by atoms with Gasteiger partial charge in [-0.05, 0) is 44.7 Å². The zero-order valence-electron chi connectivity index (χ0n) is 10.3. The van der Waals surface area contributed by atoms with E-state index in [0.29, 0.717) is 37.2 Å². The zero-order chi connectivity index (χ0) is 13.1. The summed E-state index contributed by atoms with van der Waals surface area (Å²) in [7, 11) is 0. The summed E-state index contributed by atoms with van der Waals surface area (Å²) in [6.45, 7) is 1.79. The van der Waals surface area contributed by atoms with Gasteiger partial charge in [-0.15, -0.1) is 0 Å². The Morgan fingerprint density at radius 3 is 2.44 bits per heavy atom. The molecule has 0 saturated heterocycles. The van der Waals surface area contributed by atoms with Crippen LogP contribution in [0, 0.1) is 12.8 Å². The number of hydrogen-bond acceptors (Lipinski definition) is 3. The van der Waals surface area contributed by atoms with Crippen LogP contribution in [-0.4, -0.2) is 23.0 Å². The number of carbonyl (C=O) groups excluding carboxylic acids is 1. The molecule has 1 aromatic heterocycles. The monoisotopic (exact) mass is 251 g/mol. The minimum absolute atomic E-state index is 0.0542. The SMILES string of the molecule is Cc1ccc(C(=O)NC2CCC(C(=O)O)CC2)o1. The Hall–Kier alpha value is -1.78. The van der Waals surface area contributed by atoms with E-state index in [-0.39, 0.29) is 17.9 Å². The molecular weight excluding hydrogens is 234 g/mol. The lowest BCUT2D eigenvalue weighted by atomic mass is 9.86. The van der Waals surface area contributed by atoms with E-state index >= 15 is 0 Å². The van der Waals surface area contributed by atoms with Gasteiger partial charge >= 0.3 is 5.97 Å². The number of rotatable bonds is 3. The molecule has 1 aliphatic carbocycles. The number of carbonyl (C=O) groups is 2. The first-order valence-corrected chi connectivity index (χ1v) is 6.16. The van der Waals surface area contributed by atoms with E-state index in [1.165, 1.54) is 0 Å². The Balaban J connectivity index is 1.85. The van der Waals surface area contributed by atoms with Crippen molar-refractivity contribution >= 4 is 11.9 Å². The van der Waals surface area contributed by atoms with Crippen LogP contribution in [0.2, 0.25) is 0 Å². The summed E-state index contributed by atoms with van der Waals surface area (Å²) in [6.07, 6.45) is 2.67. The summed E-state index contributed by atoms with van der Waals surface area (Å²) in [4.78, 5) is 22.6. The van der Waals surface area contributed by atoms with Crippen molar-refractivity contribution in [1.82, 2.24) is 5.32 Å². The smallest absolute Gasteiger partial charge is 0.306 e. The van der Waals surface area contributed by atoms with Gasteiger partial charge in [0.1, 0.15) is 5.76 Å². The number of carboxylic acid groups (broad SMARTS) is 1. The van der Waals surface area contributed by atoms with Gasteiger partial charge in [0.05, 0.1) is 5.92 Å². The Morgan fingerprint density at radius 2 is 1.94 bits per heavy atom. The summed E-state index contributed by atoms with van der Waals surface area (Å²) in [5, 5.41) is 11.8. The van der Waals surface area contributed by atoms with Crippen molar-refractivity contribution in [2.75, 3.05) is 0 Å². The number of hydrogen-bond donors (Lipinski definition) is 2. The van der Waals surface area contributed by atoms with Gasteiger partial charge in [-0.25, -0.2) is 0 Å². The minimum Gasteiger partial charge on any atom is -0.481 e. The number of amides is 1. The van der Waals surface area contributed by atoms with Crippen LogP contribution in [0.25, 0.3) is 0 Å². The Kier molecular flexibility index (Phi) is 3.69. The average molecular weight is 251 g/mol. The molecule has 1 amide bonds. The van der Waals surface area contributed by atoms with Crippen LogP contribution in [0.4, 0.5) is 0 Å². The standard InChI is InChI=1S/C13H17NO4/c1-8-2-7-11(18-8)12(15)14-10-5-3-9(4-6-10)13(16)17/h2,7,9-10H,3-6H2,1H3,(H,14,15)(H,16,17). The van der Waals surface area contributed by atoms with Crippen LogP contribution in [-0.2, 0) is 4.79 Å². The number of aryl methyl sites for hydroxylation is 1. The molecule has 0 atom stereocenters. The molecule has 1 fully saturated rings. The normalized spacial score (nSPS) is 23.6. The highest BCUT2D eigenvalue weighted by Gasteiger charge is 2.27. The van der Waals surface area contributed by atoms with E-state index in [1.807, 2.05) is 0 Å². The molecule has 2 rings (SSSR count). The molecular formula is C13H17NO4. The summed E-state index contributed by atoms with van der Waals surface area (Å²) >= 11 is 0. The first-order valence-electron chi connectivity index (χ1n) is 6.16. The molecule has 18 heavy (non-hydrogen) atoms. The number of furan rings is 1. The van der Waals surface area contributed by atoms with Gasteiger partial charge in [0.15, 0.2) is 5.76 Å². The second-order valence-corrected chi connectivity index (χ2v) is 4.77. The van der Waals surface area contributed by atoms with E-state index in [1.54, 1.807) is 19.1 Å². The Bertz CT molecular complexity index is 444. The highest BCUT2D eigenvalue weighted by atomic mass is 16.4. The van der Waals surface area contributed by atoms with Gasteiger partial charge in [-0.2, -0.15) is 0 Å². The van der Waals surface area contributed by atoms with Gasteiger partial charge < -0.3 is 14.8 Å². The molecule has 0 aliphatic heterocycles. The largest absolute Gasteiger partial charge is 0.481 e. The molecule has 1 heterocycles. The lowest BCUT2D eigenvalue weighted by Gasteiger charge is -2.26. The van der Waals surface area contributed by atoms with Crippen molar-refractivity contribution in [3.8, 4) is 0 Å². The molecule has 0 aromatic carbocycles. The maximum absolute atomic E-state index is 11.8. The van der Waals surface area contributed by atoms with E-state index in [9.17, 15) is 9.59 Å². The third-order valence-corrected chi connectivity index (χ3v) is 3.38. The number of aliphatic carboxylic acids is 1. The molecule has 1 aliphatic rings. The van der Waals surface area contributed by atoms with Gasteiger partial charge in [0, 0.05) is 6.04 Å². The predicted molar refractivity (Wildman–Crippen MR) is 64.3 cm³/mol. The topological polar surface area (TPSA) is 79.5 Å². The van der Waals surface area contributed by atoms with Gasteiger partial charge in [0.2, 0.25) is 0 Å². The molecule has 98 valence electrons. The fourth-order valence-corrected chi connectivity index (χ4v) is 2.30. The maximum atomic E-state index is 11.8. The first kappa shape index (κ1) is 12.7. The molecule has 0 bridgehead atoms. The fraction of sp³-hybridized carbons (Fsp3) is 0.538. The van der Waals surface area contributed by atoms with Crippen molar-refractivity contribution < 1.29 is 19.1 Å². The molecule has 5 nitrogen and oxygen atoms in total. The lowest BCUT2D eigenvalue weighted by Crippen LogP contribution is -2.38. The number of carboxylic acids is 1. The van der Waals surface area contributed by atoms with E-state index in [4.69, 9.17) is 9.52 Å². The molecule has 2 N–H and O–H groups in total. The van der Waals surface area contributed by atoms with Gasteiger partial charge in [-0.1, -0.05) is 0 Å². The highest BCUT2D eigenvalue weighted by molar-refractivity contribution is 5.91. The second kappa shape index (κ2) is 5.25. The zero-order valence-corrected chi connectivity index (χ0v) is 10.3. The van der Waals surface area contributed by atoms with Crippen LogP contribution >= 0.6 is 0 Å². The maximum Gasteiger partial charge on any atom is 0.306 e. The molecule has 5 heteroatoms. The third-order valence-electron chi connectivity index (χ3n) is 3.38. The van der Waals surface area contributed by atoms with E-state index < -0.39 is 5.97 Å². The highest BCUT2D eigenvalue weighted by Crippen LogP contribution is 2.24. The van der Waals surface area contributed by atoms with E-state index in [2.05, 4.69) is 5.32 Å². The first-order chi connectivity index (χ1) is 8.56. The van der Waals surface area contributed by atoms with Crippen LogP contribution in [0.1, 0.15) is 42.0 Å². The molecule has 0 radical (unpaired) electrons. The van der Waals surface area contributed by atoms with Crippen LogP contribution < -0.4 is 5.32 Å². The lowest BCUT2D eigenvalue weighted by molar-refractivity contribution is -0.142. The van der Waals surface area contributed by atoms with Crippen LogP contribution in [0.3, 0.4) is 0 Å². The average Bonchev–Trinajstić information content (AvgIpc) is 2.76.